The number of rotatable bonds is 3. The Labute approximate surface area is 146 Å². The van der Waals surface area contributed by atoms with Crippen LogP contribution in [0.5, 0.6) is 5.75 Å². The molecule has 1 aromatic rings. The van der Waals surface area contributed by atoms with Gasteiger partial charge < -0.3 is 25.2 Å². The average molecular weight is 281 g/mol. The largest absolute Gasteiger partial charge is 1.00 e. The van der Waals surface area contributed by atoms with Crippen LogP contribution in [0.25, 0.3) is 0 Å². The zero-order valence-corrected chi connectivity index (χ0v) is 13.3. The molecule has 0 atom stereocenters. The van der Waals surface area contributed by atoms with E-state index in [4.69, 9.17) is 25.2 Å². The molecule has 0 aliphatic rings. The van der Waals surface area contributed by atoms with E-state index in [0.29, 0.717) is 12.2 Å². The van der Waals surface area contributed by atoms with Gasteiger partial charge in [0.05, 0.1) is 17.3 Å². The predicted octanol–water partition coefficient (Wildman–Crippen LogP) is -1.28. The number of carbonyl (C=O) groups is 1. The van der Waals surface area contributed by atoms with Gasteiger partial charge in [-0.3, -0.25) is 0 Å². The van der Waals surface area contributed by atoms with E-state index in [1.54, 1.807) is 0 Å². The van der Waals surface area contributed by atoms with Crippen molar-refractivity contribution < 1.29 is 71.1 Å². The molecule has 0 saturated heterocycles. The first kappa shape index (κ1) is 19.7. The molecule has 1 aromatic carbocycles. The van der Waals surface area contributed by atoms with Gasteiger partial charge in [0.2, 0.25) is 0 Å². The smallest absolute Gasteiger partial charge is 0.508 e. The molecule has 0 aliphatic heterocycles. The zero-order chi connectivity index (χ0) is 13.3. The molecule has 94 valence electrons. The van der Waals surface area contributed by atoms with Gasteiger partial charge in [-0.2, -0.15) is 0 Å². The molecule has 7 nitrogen and oxygen atoms in total. The summed E-state index contributed by atoms with van der Waals surface area (Å²) >= 11 is 0. The van der Waals surface area contributed by atoms with Crippen molar-refractivity contribution in [2.75, 3.05) is 6.61 Å². The van der Waals surface area contributed by atoms with Crippen molar-refractivity contribution in [3.8, 4) is 5.75 Å². The van der Waals surface area contributed by atoms with E-state index in [1.807, 2.05) is 6.92 Å². The number of aromatic hydroxyl groups is 1. The fraction of sp³-hybridized carbons (Fsp3) is 0.300. The van der Waals surface area contributed by atoms with E-state index in [0.717, 1.165) is 6.42 Å². The van der Waals surface area contributed by atoms with E-state index >= 15 is 0 Å². The van der Waals surface area contributed by atoms with Crippen molar-refractivity contribution in [2.45, 2.75) is 13.3 Å². The Morgan fingerprint density at radius 2 is 1.78 bits per heavy atom. The van der Waals surface area contributed by atoms with Crippen molar-refractivity contribution in [1.82, 2.24) is 0 Å². The number of benzene rings is 1. The molecule has 0 amide bonds. The Hall–Kier alpha value is -0.674. The molecule has 8 heteroatoms. The first-order chi connectivity index (χ1) is 7.97. The van der Waals surface area contributed by atoms with Crippen LogP contribution >= 0.6 is 0 Å². The fourth-order valence-electron chi connectivity index (χ4n) is 0.876. The van der Waals surface area contributed by atoms with Gasteiger partial charge in [-0.25, -0.2) is 4.79 Å². The molecule has 1 N–H and O–H groups in total. The maximum Gasteiger partial charge on any atom is 1.00 e. The fourth-order valence-corrected chi connectivity index (χ4v) is 0.876. The molecule has 1 rings (SSSR count). The Bertz CT molecular complexity index is 363. The second-order valence-electron chi connectivity index (χ2n) is 2.91. The van der Waals surface area contributed by atoms with E-state index in [9.17, 15) is 4.79 Å². The summed E-state index contributed by atoms with van der Waals surface area (Å²) in [7, 11) is 0. The molecule has 0 aliphatic carbocycles. The Balaban J connectivity index is 0. The molecular weight excluding hydrogens is 269 g/mol. The molecule has 0 aromatic heterocycles. The van der Waals surface area contributed by atoms with Crippen LogP contribution in [0.15, 0.2) is 24.3 Å². The van der Waals surface area contributed by atoms with Crippen LogP contribution in [0, 0.1) is 15.3 Å². The molecule has 0 saturated carbocycles. The minimum Gasteiger partial charge on any atom is -0.508 e. The third kappa shape index (κ3) is 10.5. The van der Waals surface area contributed by atoms with Crippen LogP contribution in [0.3, 0.4) is 0 Å². The second kappa shape index (κ2) is 11.4. The van der Waals surface area contributed by atoms with Crippen molar-refractivity contribution in [2.24, 2.45) is 0 Å². The van der Waals surface area contributed by atoms with Gasteiger partial charge in [-0.15, -0.1) is 0 Å². The van der Waals surface area contributed by atoms with Crippen molar-refractivity contribution in [3.05, 3.63) is 45.2 Å². The van der Waals surface area contributed by atoms with Gasteiger partial charge in [0, 0.05) is 0 Å². The van der Waals surface area contributed by atoms with Crippen LogP contribution in [0.2, 0.25) is 0 Å². The molecule has 0 fully saturated rings. The summed E-state index contributed by atoms with van der Waals surface area (Å²) in [4.78, 5) is 19.5. The van der Waals surface area contributed by atoms with E-state index in [-0.39, 0.29) is 63.1 Å². The van der Waals surface area contributed by atoms with Crippen molar-refractivity contribution in [3.63, 3.8) is 0 Å². The van der Waals surface area contributed by atoms with E-state index < -0.39 is 5.09 Å². The molecule has 0 unspecified atom stereocenters. The summed E-state index contributed by atoms with van der Waals surface area (Å²) in [6, 6.07) is 5.99. The van der Waals surface area contributed by atoms with Crippen molar-refractivity contribution >= 4 is 5.97 Å². The Kier molecular flexibility index (Phi) is 12.5. The summed E-state index contributed by atoms with van der Waals surface area (Å²) in [5, 5.41) is 23.7. The Morgan fingerprint density at radius 1 is 1.33 bits per heavy atom. The van der Waals surface area contributed by atoms with Gasteiger partial charge in [-0.05, 0) is 30.7 Å². The van der Waals surface area contributed by atoms with Gasteiger partial charge in [0.25, 0.3) is 0 Å². The summed E-state index contributed by atoms with van der Waals surface area (Å²) in [6.07, 6.45) is 0.809. The van der Waals surface area contributed by atoms with Gasteiger partial charge in [-0.1, -0.05) is 6.92 Å². The normalized spacial score (nSPS) is 8.28. The molecule has 18 heavy (non-hydrogen) atoms. The van der Waals surface area contributed by atoms with Gasteiger partial charge in [0.1, 0.15) is 5.75 Å². The molecule has 0 spiro atoms. The third-order valence-electron chi connectivity index (χ3n) is 1.54. The number of carbonyl (C=O) groups excluding carboxylic acids is 1. The predicted molar refractivity (Wildman–Crippen MR) is 59.0 cm³/mol. The monoisotopic (exact) mass is 281 g/mol. The minimum atomic E-state index is -1.75. The molecular formula is C10H12KNO6. The number of nitrogens with zero attached hydrogens (tertiary/aromatic N) is 1. The van der Waals surface area contributed by atoms with Gasteiger partial charge >= 0.3 is 57.4 Å². The van der Waals surface area contributed by atoms with Crippen LogP contribution < -0.4 is 51.4 Å². The number of hydrogen-bond acceptors (Lipinski definition) is 6. The average Bonchev–Trinajstić information content (AvgIpc) is 2.26. The first-order valence-corrected chi connectivity index (χ1v) is 4.75. The first-order valence-electron chi connectivity index (χ1n) is 4.75. The van der Waals surface area contributed by atoms with Crippen LogP contribution in [-0.2, 0) is 4.74 Å². The summed E-state index contributed by atoms with van der Waals surface area (Å²) < 4.78 is 4.90. The van der Waals surface area contributed by atoms with Crippen molar-refractivity contribution in [1.29, 1.82) is 0 Å². The maximum absolute atomic E-state index is 11.2. The number of phenols is 1. The summed E-state index contributed by atoms with van der Waals surface area (Å²) in [5.41, 5.74) is 0.464. The number of hydrogen-bond donors (Lipinski definition) is 1. The number of esters is 1. The summed E-state index contributed by atoms with van der Waals surface area (Å²) in [5.74, 6) is -0.200. The Morgan fingerprint density at radius 3 is 2.17 bits per heavy atom. The molecule has 0 heterocycles. The van der Waals surface area contributed by atoms with Crippen LogP contribution in [0.4, 0.5) is 0 Å². The topological polar surface area (TPSA) is 113 Å². The minimum absolute atomic E-state index is 0. The molecule has 0 bridgehead atoms. The maximum atomic E-state index is 11.2. The molecule has 0 radical (unpaired) electrons. The van der Waals surface area contributed by atoms with Crippen LogP contribution in [-0.4, -0.2) is 22.8 Å². The zero-order valence-electron chi connectivity index (χ0n) is 10.2. The van der Waals surface area contributed by atoms with E-state index in [1.165, 1.54) is 24.3 Å². The van der Waals surface area contributed by atoms with E-state index in [2.05, 4.69) is 0 Å². The number of ether oxygens (including phenoxy) is 1. The third-order valence-corrected chi connectivity index (χ3v) is 1.54. The summed E-state index contributed by atoms with van der Waals surface area (Å²) in [6.45, 7) is 2.36. The number of phenolic OH excluding ortho intramolecular Hbond substituents is 1. The van der Waals surface area contributed by atoms with Gasteiger partial charge in [0.15, 0.2) is 0 Å². The standard InChI is InChI=1S/C10H12O3.K.NO3/c1-2-7-13-10(12)8-3-5-9(11)6-4-8;;2-1(3)4/h3-6,11H,2,7H2,1H3;;/q;+1;-1. The quantitative estimate of drug-likeness (QED) is 0.320. The SMILES string of the molecule is CCCOC(=O)c1ccc(O)cc1.O=[N+]([O-])[O-].[K+]. The van der Waals surface area contributed by atoms with Crippen LogP contribution in [0.1, 0.15) is 23.7 Å². The second-order valence-corrected chi connectivity index (χ2v) is 2.91.